The van der Waals surface area contributed by atoms with Crippen molar-refractivity contribution in [3.8, 4) is 0 Å². The molecule has 0 saturated carbocycles. The number of imide groups is 1. The van der Waals surface area contributed by atoms with Gasteiger partial charge in [0.15, 0.2) is 0 Å². The van der Waals surface area contributed by atoms with Crippen LogP contribution in [0.2, 0.25) is 0 Å². The minimum absolute atomic E-state index is 0.105. The molecular formula is C16H21N3O5S. The molecule has 1 aromatic rings. The van der Waals surface area contributed by atoms with Gasteiger partial charge in [0.1, 0.15) is 6.04 Å². The molecule has 1 aliphatic heterocycles. The highest BCUT2D eigenvalue weighted by Crippen LogP contribution is 2.16. The molecule has 0 radical (unpaired) electrons. The first-order valence-electron chi connectivity index (χ1n) is 8.04. The van der Waals surface area contributed by atoms with Gasteiger partial charge in [-0.2, -0.15) is 4.31 Å². The molecule has 0 bridgehead atoms. The van der Waals surface area contributed by atoms with E-state index in [0.29, 0.717) is 13.1 Å². The van der Waals surface area contributed by atoms with E-state index in [1.165, 1.54) is 28.6 Å². The zero-order valence-electron chi connectivity index (χ0n) is 14.1. The molecule has 25 heavy (non-hydrogen) atoms. The summed E-state index contributed by atoms with van der Waals surface area (Å²) >= 11 is 0. The maximum absolute atomic E-state index is 12.4. The van der Waals surface area contributed by atoms with Crippen LogP contribution in [0.3, 0.4) is 0 Å². The van der Waals surface area contributed by atoms with Crippen LogP contribution < -0.4 is 10.6 Å². The predicted octanol–water partition coefficient (Wildman–Crippen LogP) is 0.252. The summed E-state index contributed by atoms with van der Waals surface area (Å²) in [6.07, 6.45) is 0.405. The molecule has 1 fully saturated rings. The fourth-order valence-electron chi connectivity index (χ4n) is 2.56. The lowest BCUT2D eigenvalue weighted by atomic mass is 10.1. The molecule has 0 aromatic heterocycles. The van der Waals surface area contributed by atoms with Crippen LogP contribution in [0.15, 0.2) is 29.2 Å². The van der Waals surface area contributed by atoms with E-state index >= 15 is 0 Å². The number of sulfonamides is 1. The van der Waals surface area contributed by atoms with Crippen LogP contribution in [0.4, 0.5) is 0 Å². The van der Waals surface area contributed by atoms with Gasteiger partial charge in [0.2, 0.25) is 21.8 Å². The largest absolute Gasteiger partial charge is 0.340 e. The maximum Gasteiger partial charge on any atom is 0.251 e. The van der Waals surface area contributed by atoms with Crippen molar-refractivity contribution >= 4 is 27.7 Å². The maximum atomic E-state index is 12.4. The Bertz CT molecular complexity index is 769. The molecule has 2 rings (SSSR count). The second-order valence-corrected chi connectivity index (χ2v) is 7.53. The summed E-state index contributed by atoms with van der Waals surface area (Å²) in [5.41, 5.74) is 0.239. The monoisotopic (exact) mass is 367 g/mol. The van der Waals surface area contributed by atoms with Gasteiger partial charge in [0.25, 0.3) is 5.91 Å². The van der Waals surface area contributed by atoms with Crippen LogP contribution in [-0.4, -0.2) is 49.6 Å². The van der Waals surface area contributed by atoms with Gasteiger partial charge in [-0.25, -0.2) is 8.42 Å². The second-order valence-electron chi connectivity index (χ2n) is 5.59. The number of amides is 3. The number of piperidine rings is 1. The molecule has 1 saturated heterocycles. The van der Waals surface area contributed by atoms with Crippen molar-refractivity contribution < 1.29 is 22.8 Å². The Hall–Kier alpha value is -2.26. The molecular weight excluding hydrogens is 346 g/mol. The predicted molar refractivity (Wildman–Crippen MR) is 90.2 cm³/mol. The highest BCUT2D eigenvalue weighted by molar-refractivity contribution is 7.89. The number of nitrogens with one attached hydrogen (secondary N) is 2. The SMILES string of the molecule is CCN(CC)S(=O)(=O)c1ccc(C(=O)NC2CCC(=O)NC2=O)cc1. The molecule has 0 spiro atoms. The van der Waals surface area contributed by atoms with Crippen molar-refractivity contribution in [2.45, 2.75) is 37.6 Å². The summed E-state index contributed by atoms with van der Waals surface area (Å²) < 4.78 is 26.1. The third kappa shape index (κ3) is 4.23. The molecule has 1 atom stereocenters. The van der Waals surface area contributed by atoms with E-state index in [-0.39, 0.29) is 29.2 Å². The van der Waals surface area contributed by atoms with Gasteiger partial charge >= 0.3 is 0 Å². The number of carbonyl (C=O) groups excluding carboxylic acids is 3. The minimum Gasteiger partial charge on any atom is -0.340 e. The summed E-state index contributed by atoms with van der Waals surface area (Å²) in [7, 11) is -3.59. The molecule has 8 nitrogen and oxygen atoms in total. The van der Waals surface area contributed by atoms with Crippen molar-refractivity contribution in [3.05, 3.63) is 29.8 Å². The van der Waals surface area contributed by atoms with Crippen molar-refractivity contribution in [2.24, 2.45) is 0 Å². The third-order valence-electron chi connectivity index (χ3n) is 4.00. The normalized spacial score (nSPS) is 18.1. The van der Waals surface area contributed by atoms with Crippen molar-refractivity contribution in [1.82, 2.24) is 14.9 Å². The van der Waals surface area contributed by atoms with Gasteiger partial charge in [-0.1, -0.05) is 13.8 Å². The van der Waals surface area contributed by atoms with E-state index < -0.39 is 27.9 Å². The van der Waals surface area contributed by atoms with Crippen molar-refractivity contribution in [1.29, 1.82) is 0 Å². The average molecular weight is 367 g/mol. The third-order valence-corrected chi connectivity index (χ3v) is 6.07. The standard InChI is InChI=1S/C16H21N3O5S/c1-3-19(4-2)25(23,24)12-7-5-11(6-8-12)15(21)17-13-9-10-14(20)18-16(13)22/h5-8,13H,3-4,9-10H2,1-2H3,(H,17,21)(H,18,20,22). The van der Waals surface area contributed by atoms with Crippen molar-refractivity contribution in [3.63, 3.8) is 0 Å². The molecule has 9 heteroatoms. The van der Waals surface area contributed by atoms with Gasteiger partial charge in [-0.3, -0.25) is 19.7 Å². The number of hydrogen-bond donors (Lipinski definition) is 2. The van der Waals surface area contributed by atoms with Crippen LogP contribution >= 0.6 is 0 Å². The van der Waals surface area contributed by atoms with E-state index in [9.17, 15) is 22.8 Å². The molecule has 1 aliphatic rings. The number of nitrogens with zero attached hydrogens (tertiary/aromatic N) is 1. The molecule has 1 heterocycles. The fourth-order valence-corrected chi connectivity index (χ4v) is 4.02. The minimum atomic E-state index is -3.59. The Morgan fingerprint density at radius 2 is 1.80 bits per heavy atom. The molecule has 3 amide bonds. The highest BCUT2D eigenvalue weighted by Gasteiger charge is 2.28. The van der Waals surface area contributed by atoms with Crippen LogP contribution in [0.5, 0.6) is 0 Å². The average Bonchev–Trinajstić information content (AvgIpc) is 2.58. The zero-order valence-corrected chi connectivity index (χ0v) is 14.9. The van der Waals surface area contributed by atoms with E-state index in [0.717, 1.165) is 0 Å². The van der Waals surface area contributed by atoms with E-state index in [2.05, 4.69) is 10.6 Å². The summed E-state index contributed by atoms with van der Waals surface area (Å²) in [6.45, 7) is 4.22. The quantitative estimate of drug-likeness (QED) is 0.700. The first-order valence-corrected chi connectivity index (χ1v) is 9.48. The van der Waals surface area contributed by atoms with Gasteiger partial charge < -0.3 is 5.32 Å². The van der Waals surface area contributed by atoms with Gasteiger partial charge in [0.05, 0.1) is 4.90 Å². The molecule has 1 aromatic carbocycles. The molecule has 1 unspecified atom stereocenters. The smallest absolute Gasteiger partial charge is 0.251 e. The summed E-state index contributed by atoms with van der Waals surface area (Å²) in [5, 5.41) is 4.71. The fraction of sp³-hybridized carbons (Fsp3) is 0.438. The number of hydrogen-bond acceptors (Lipinski definition) is 5. The van der Waals surface area contributed by atoms with E-state index in [1.54, 1.807) is 13.8 Å². The lowest BCUT2D eigenvalue weighted by molar-refractivity contribution is -0.134. The first-order chi connectivity index (χ1) is 11.8. The highest BCUT2D eigenvalue weighted by atomic mass is 32.2. The van der Waals surface area contributed by atoms with Gasteiger partial charge in [-0.15, -0.1) is 0 Å². The molecule has 0 aliphatic carbocycles. The van der Waals surface area contributed by atoms with E-state index in [1.807, 2.05) is 0 Å². The van der Waals surface area contributed by atoms with Crippen LogP contribution in [0.25, 0.3) is 0 Å². The Kier molecular flexibility index (Phi) is 5.91. The van der Waals surface area contributed by atoms with Gasteiger partial charge in [0, 0.05) is 25.1 Å². The second kappa shape index (κ2) is 7.75. The van der Waals surface area contributed by atoms with Gasteiger partial charge in [-0.05, 0) is 30.7 Å². The summed E-state index contributed by atoms with van der Waals surface area (Å²) in [4.78, 5) is 35.1. The molecule has 2 N–H and O–H groups in total. The van der Waals surface area contributed by atoms with Crippen LogP contribution in [-0.2, 0) is 19.6 Å². The Labute approximate surface area is 146 Å². The van der Waals surface area contributed by atoms with Crippen molar-refractivity contribution in [2.75, 3.05) is 13.1 Å². The lowest BCUT2D eigenvalue weighted by Crippen LogP contribution is -2.52. The molecule has 136 valence electrons. The Morgan fingerprint density at radius 3 is 2.32 bits per heavy atom. The number of rotatable bonds is 6. The zero-order chi connectivity index (χ0) is 18.6. The lowest BCUT2D eigenvalue weighted by Gasteiger charge is -2.22. The topological polar surface area (TPSA) is 113 Å². The first kappa shape index (κ1) is 19.1. The summed E-state index contributed by atoms with van der Waals surface area (Å²) in [6, 6.07) is 4.76. The number of carbonyl (C=O) groups is 3. The summed E-state index contributed by atoms with van der Waals surface area (Å²) in [5.74, 6) is -1.40. The Balaban J connectivity index is 2.10. The van der Waals surface area contributed by atoms with Crippen LogP contribution in [0, 0.1) is 0 Å². The Morgan fingerprint density at radius 1 is 1.20 bits per heavy atom. The van der Waals surface area contributed by atoms with E-state index in [4.69, 9.17) is 0 Å². The number of benzene rings is 1. The van der Waals surface area contributed by atoms with Crippen LogP contribution in [0.1, 0.15) is 37.0 Å².